The van der Waals surface area contributed by atoms with Gasteiger partial charge < -0.3 is 0 Å². The monoisotopic (exact) mass is 449 g/mol. The third-order valence-electron chi connectivity index (χ3n) is 4.86. The van der Waals surface area contributed by atoms with Gasteiger partial charge in [0.1, 0.15) is 0 Å². The maximum absolute atomic E-state index is 9.54. The number of benzene rings is 2. The van der Waals surface area contributed by atoms with Crippen molar-refractivity contribution in [3.8, 4) is 6.07 Å². The van der Waals surface area contributed by atoms with Gasteiger partial charge in [-0.3, -0.25) is 0 Å². The second-order valence-corrected chi connectivity index (χ2v) is 7.16. The summed E-state index contributed by atoms with van der Waals surface area (Å²) >= 11 is 0. The van der Waals surface area contributed by atoms with Gasteiger partial charge in [0.05, 0.1) is 6.07 Å². The predicted octanol–water partition coefficient (Wildman–Crippen LogP) is 11.8. The number of nitrogens with zero attached hydrogens (tertiary/aromatic N) is 1. The number of hydrogen-bond donors (Lipinski definition) is 0. The highest BCUT2D eigenvalue weighted by Gasteiger charge is 2.23. The van der Waals surface area contributed by atoms with Crippen LogP contribution in [0.25, 0.3) is 0 Å². The van der Waals surface area contributed by atoms with E-state index in [1.54, 1.807) is 0 Å². The van der Waals surface area contributed by atoms with Crippen LogP contribution in [0, 0.1) is 17.2 Å². The molecule has 1 nitrogen and oxygen atoms in total. The molecule has 0 aromatic heterocycles. The van der Waals surface area contributed by atoms with Gasteiger partial charge in [0.2, 0.25) is 0 Å². The molecule has 192 valence electrons. The fourth-order valence-electron chi connectivity index (χ4n) is 3.15. The average molecular weight is 450 g/mol. The van der Waals surface area contributed by atoms with E-state index in [-0.39, 0.29) is 78.2 Å². The molecule has 0 amide bonds. The molecule has 0 aliphatic carbocycles. The lowest BCUT2D eigenvalue weighted by Crippen LogP contribution is -2.19. The smallest absolute Gasteiger partial charge is 0.0656 e. The van der Waals surface area contributed by atoms with E-state index in [0.717, 1.165) is 19.3 Å². The quantitative estimate of drug-likeness (QED) is 0.412. The van der Waals surface area contributed by atoms with E-state index >= 15 is 0 Å². The van der Waals surface area contributed by atoms with Crippen molar-refractivity contribution in [2.45, 2.75) is 118 Å². The summed E-state index contributed by atoms with van der Waals surface area (Å²) in [5, 5.41) is 9.54. The van der Waals surface area contributed by atoms with Gasteiger partial charge in [-0.1, -0.05) is 148 Å². The van der Waals surface area contributed by atoms with Crippen molar-refractivity contribution in [2.24, 2.45) is 5.92 Å². The Kier molecular flexibility index (Phi) is 41.0. The summed E-state index contributed by atoms with van der Waals surface area (Å²) in [7, 11) is 0. The Balaban J connectivity index is -0.000000107. The van der Waals surface area contributed by atoms with E-state index < -0.39 is 0 Å². The summed E-state index contributed by atoms with van der Waals surface area (Å²) < 4.78 is 0. The van der Waals surface area contributed by atoms with Gasteiger partial charge >= 0.3 is 0 Å². The molecule has 2 aromatic rings. The largest absolute Gasteiger partial charge is 0.198 e. The Hall–Kier alpha value is -2.07. The van der Waals surface area contributed by atoms with Crippen LogP contribution < -0.4 is 0 Å². The maximum atomic E-state index is 9.54. The summed E-state index contributed by atoms with van der Waals surface area (Å²) in [5.41, 5.74) is 2.80. The Morgan fingerprint density at radius 1 is 0.719 bits per heavy atom. The van der Waals surface area contributed by atoms with Crippen molar-refractivity contribution in [3.05, 3.63) is 71.8 Å². The molecule has 0 bridgehead atoms. The third-order valence-corrected chi connectivity index (χ3v) is 4.86. The molecule has 0 aliphatic heterocycles. The lowest BCUT2D eigenvalue weighted by Gasteiger charge is -2.27. The highest BCUT2D eigenvalue weighted by molar-refractivity contribution is 5.23. The lowest BCUT2D eigenvalue weighted by atomic mass is 9.77. The van der Waals surface area contributed by atoms with E-state index in [2.05, 4.69) is 81.4 Å². The van der Waals surface area contributed by atoms with E-state index in [4.69, 9.17) is 0 Å². The second kappa shape index (κ2) is 25.2. The minimum absolute atomic E-state index is 0. The molecule has 1 heteroatoms. The molecule has 0 spiro atoms. The second-order valence-electron chi connectivity index (χ2n) is 7.16. The molecule has 0 saturated heterocycles. The summed E-state index contributed by atoms with van der Waals surface area (Å²) in [6, 6.07) is 23.7. The molecule has 32 heavy (non-hydrogen) atoms. The van der Waals surface area contributed by atoms with Crippen LogP contribution in [0.1, 0.15) is 124 Å². The van der Waals surface area contributed by atoms with Crippen LogP contribution in [0.4, 0.5) is 0 Å². The highest BCUT2D eigenvalue weighted by Crippen LogP contribution is 2.32. The van der Waals surface area contributed by atoms with E-state index in [1.165, 1.54) is 11.1 Å². The average Bonchev–Trinajstić information content (AvgIpc) is 2.60. The minimum atomic E-state index is 0. The molecule has 2 unspecified atom stereocenters. The molecule has 2 rings (SSSR count). The van der Waals surface area contributed by atoms with Crippen LogP contribution >= 0.6 is 0 Å². The topological polar surface area (TPSA) is 23.8 Å². The zero-order chi connectivity index (χ0) is 16.7. The number of rotatable bonds is 7. The van der Waals surface area contributed by atoms with Crippen molar-refractivity contribution in [2.75, 3.05) is 0 Å². The summed E-state index contributed by atoms with van der Waals surface area (Å²) in [4.78, 5) is 0. The predicted molar refractivity (Wildman–Crippen MR) is 158 cm³/mol. The Bertz CT molecular complexity index is 623. The first-order valence-corrected chi connectivity index (χ1v) is 8.53. The summed E-state index contributed by atoms with van der Waals surface area (Å²) in [6.07, 6.45) is 2.93. The van der Waals surface area contributed by atoms with Crippen molar-refractivity contribution in [1.29, 1.82) is 5.26 Å². The summed E-state index contributed by atoms with van der Waals surface area (Å²) in [6.45, 7) is 6.77. The molecule has 0 radical (unpaired) electrons. The molecule has 2 aromatic carbocycles. The zero-order valence-electron chi connectivity index (χ0n) is 14.5. The van der Waals surface area contributed by atoms with Crippen molar-refractivity contribution in [3.63, 3.8) is 0 Å². The highest BCUT2D eigenvalue weighted by atomic mass is 14.3. The molecular weight excluding hydrogens is 386 g/mol. The minimum Gasteiger partial charge on any atom is -0.198 e. The summed E-state index contributed by atoms with van der Waals surface area (Å²) in [5.74, 6) is 0.550. The Morgan fingerprint density at radius 3 is 1.53 bits per heavy atom. The van der Waals surface area contributed by atoms with Gasteiger partial charge in [-0.05, 0) is 41.7 Å². The normalized spacial score (nSPS) is 10.1. The number of hydrogen-bond acceptors (Lipinski definition) is 1. The molecule has 2 atom stereocenters. The molecular formula is C31H63N. The molecule has 0 N–H and O–H groups in total. The molecule has 0 saturated carbocycles. The van der Waals surface area contributed by atoms with E-state index in [0.29, 0.717) is 5.92 Å². The van der Waals surface area contributed by atoms with E-state index in [1.807, 2.05) is 6.07 Å². The van der Waals surface area contributed by atoms with Crippen LogP contribution in [0.3, 0.4) is 0 Å². The third kappa shape index (κ3) is 15.7. The van der Waals surface area contributed by atoms with Crippen LogP contribution in [-0.4, -0.2) is 0 Å². The van der Waals surface area contributed by atoms with Gasteiger partial charge in [-0.2, -0.15) is 5.26 Å². The maximum Gasteiger partial charge on any atom is 0.0656 e. The van der Waals surface area contributed by atoms with Gasteiger partial charge in [-0.25, -0.2) is 0 Å². The first-order valence-electron chi connectivity index (χ1n) is 8.53. The Morgan fingerprint density at radius 2 is 1.12 bits per heavy atom. The SMILES string of the molecule is C.C.C.C.C.C.C.C.C.CC(CC(C#N)CCC(C)(C)c1ccccc1)c1ccccc1. The van der Waals surface area contributed by atoms with Gasteiger partial charge in [-0.15, -0.1) is 0 Å². The van der Waals surface area contributed by atoms with Gasteiger partial charge in [0.25, 0.3) is 0 Å². The molecule has 0 aliphatic rings. The van der Waals surface area contributed by atoms with Crippen LogP contribution in [-0.2, 0) is 5.41 Å². The molecule has 0 fully saturated rings. The first kappa shape index (κ1) is 52.1. The van der Waals surface area contributed by atoms with Crippen molar-refractivity contribution >= 4 is 0 Å². The molecule has 0 heterocycles. The zero-order valence-corrected chi connectivity index (χ0v) is 14.5. The van der Waals surface area contributed by atoms with E-state index in [9.17, 15) is 5.26 Å². The van der Waals surface area contributed by atoms with Crippen molar-refractivity contribution in [1.82, 2.24) is 0 Å². The van der Waals surface area contributed by atoms with Gasteiger partial charge in [0.15, 0.2) is 0 Å². The Labute approximate surface area is 207 Å². The fraction of sp³-hybridized carbons (Fsp3) is 0.581. The van der Waals surface area contributed by atoms with Gasteiger partial charge in [0, 0.05) is 5.92 Å². The fourth-order valence-corrected chi connectivity index (χ4v) is 3.15. The van der Waals surface area contributed by atoms with Crippen LogP contribution in [0.2, 0.25) is 0 Å². The standard InChI is InChI=1S/C22H27N.9CH4/c1-18(20-10-6-4-7-11-20)16-19(17-23)14-15-22(2,3)21-12-8-5-9-13-21;;;;;;;;;/h4-13,18-19H,14-16H2,1-3H3;9*1H4. The van der Waals surface area contributed by atoms with Crippen LogP contribution in [0.5, 0.6) is 0 Å². The number of nitriles is 1. The van der Waals surface area contributed by atoms with Crippen molar-refractivity contribution < 1.29 is 0 Å². The van der Waals surface area contributed by atoms with Crippen LogP contribution in [0.15, 0.2) is 60.7 Å². The first-order chi connectivity index (χ1) is 11.0. The lowest BCUT2D eigenvalue weighted by molar-refractivity contribution is 0.400.